The van der Waals surface area contributed by atoms with Gasteiger partial charge in [0.2, 0.25) is 0 Å². The average Bonchev–Trinajstić information content (AvgIpc) is 2.64. The number of benzene rings is 2. The molecule has 0 aliphatic carbocycles. The summed E-state index contributed by atoms with van der Waals surface area (Å²) >= 11 is 12.2. The van der Waals surface area contributed by atoms with E-state index >= 15 is 0 Å². The largest absolute Gasteiger partial charge is 0.395 e. The van der Waals surface area contributed by atoms with Crippen molar-refractivity contribution < 1.29 is 14.5 Å². The summed E-state index contributed by atoms with van der Waals surface area (Å²) in [5, 5.41) is 28.7. The highest BCUT2D eigenvalue weighted by molar-refractivity contribution is 6.39. The van der Waals surface area contributed by atoms with Gasteiger partial charge in [0.25, 0.3) is 5.69 Å². The van der Waals surface area contributed by atoms with Crippen LogP contribution in [0, 0.1) is 17.0 Å². The highest BCUT2D eigenvalue weighted by Gasteiger charge is 2.15. The van der Waals surface area contributed by atoms with Gasteiger partial charge in [-0.1, -0.05) is 23.2 Å². The first-order valence-corrected chi connectivity index (χ1v) is 10.1. The maximum absolute atomic E-state index is 10.9. The van der Waals surface area contributed by atoms with Crippen molar-refractivity contribution in [1.29, 1.82) is 0 Å². The molecule has 2 rings (SSSR count). The summed E-state index contributed by atoms with van der Waals surface area (Å²) in [7, 11) is 6.38. The van der Waals surface area contributed by atoms with Crippen LogP contribution in [0.1, 0.15) is 5.56 Å². The Bertz CT molecular complexity index is 922. The monoisotopic (exact) mass is 454 g/mol. The Hall–Kier alpha value is -2.26. The Morgan fingerprint density at radius 3 is 2.23 bits per heavy atom. The van der Waals surface area contributed by atoms with Crippen molar-refractivity contribution >= 4 is 46.0 Å². The molecule has 0 aliphatic rings. The number of nitro benzene ring substituents is 1. The van der Waals surface area contributed by atoms with E-state index in [4.69, 9.17) is 23.2 Å². The van der Waals surface area contributed by atoms with Crippen LogP contribution < -0.4 is 4.90 Å². The molecule has 30 heavy (non-hydrogen) atoms. The number of aliphatic hydroxyl groups is 1. The molecule has 2 aromatic carbocycles. The van der Waals surface area contributed by atoms with E-state index in [1.54, 1.807) is 0 Å². The van der Waals surface area contributed by atoms with E-state index < -0.39 is 4.92 Å². The molecule has 0 aromatic heterocycles. The maximum atomic E-state index is 10.9. The zero-order valence-corrected chi connectivity index (χ0v) is 19.0. The standard InChI is InChI=1S/C20H26Cl2N5O3/c1-14-11-15(25(8-10-28)7-9-27(2,3)4)5-6-19(14)23-24-20-17(21)12-16(26(29)30)13-18(20)22/h5-6,11-13,28H,7-10H2,1-4H3/q+1. The van der Waals surface area contributed by atoms with Crippen LogP contribution in [0.15, 0.2) is 40.6 Å². The molecule has 0 saturated heterocycles. The number of quaternary nitrogens is 1. The second-order valence-electron chi connectivity index (χ2n) is 7.91. The van der Waals surface area contributed by atoms with Gasteiger partial charge >= 0.3 is 0 Å². The van der Waals surface area contributed by atoms with Crippen molar-refractivity contribution in [3.05, 3.63) is 56.1 Å². The highest BCUT2D eigenvalue weighted by atomic mass is 35.5. The molecule has 0 fully saturated rings. The first-order valence-electron chi connectivity index (χ1n) is 9.34. The summed E-state index contributed by atoms with van der Waals surface area (Å²) in [4.78, 5) is 12.4. The third-order valence-corrected chi connectivity index (χ3v) is 5.00. The number of azo groups is 1. The van der Waals surface area contributed by atoms with Crippen LogP contribution in [0.25, 0.3) is 0 Å². The molecular weight excluding hydrogens is 429 g/mol. The van der Waals surface area contributed by atoms with Gasteiger partial charge in [0.1, 0.15) is 5.69 Å². The summed E-state index contributed by atoms with van der Waals surface area (Å²) in [5.74, 6) is 0. The summed E-state index contributed by atoms with van der Waals surface area (Å²) in [6, 6.07) is 8.12. The Morgan fingerprint density at radius 2 is 1.73 bits per heavy atom. The average molecular weight is 455 g/mol. The van der Waals surface area contributed by atoms with E-state index in [0.29, 0.717) is 12.2 Å². The molecule has 0 radical (unpaired) electrons. The molecule has 162 valence electrons. The van der Waals surface area contributed by atoms with Gasteiger partial charge in [-0.25, -0.2) is 0 Å². The Kier molecular flexibility index (Phi) is 8.14. The van der Waals surface area contributed by atoms with Gasteiger partial charge in [-0.15, -0.1) is 5.11 Å². The van der Waals surface area contributed by atoms with Crippen LogP contribution in [0.2, 0.25) is 10.0 Å². The molecule has 10 heteroatoms. The molecule has 1 N–H and O–H groups in total. The predicted octanol–water partition coefficient (Wildman–Crippen LogP) is 5.13. The van der Waals surface area contributed by atoms with E-state index in [1.165, 1.54) is 12.1 Å². The number of anilines is 1. The lowest BCUT2D eigenvalue weighted by Crippen LogP contribution is -2.42. The highest BCUT2D eigenvalue weighted by Crippen LogP contribution is 2.38. The van der Waals surface area contributed by atoms with Crippen LogP contribution in [-0.2, 0) is 0 Å². The third-order valence-electron chi connectivity index (χ3n) is 4.43. The second kappa shape index (κ2) is 10.2. The van der Waals surface area contributed by atoms with E-state index in [0.717, 1.165) is 28.8 Å². The van der Waals surface area contributed by atoms with Crippen LogP contribution >= 0.6 is 23.2 Å². The number of hydrogen-bond donors (Lipinski definition) is 1. The first-order chi connectivity index (χ1) is 14.0. The molecular formula is C20H26Cl2N5O3+. The normalized spacial score (nSPS) is 11.8. The van der Waals surface area contributed by atoms with Gasteiger partial charge in [0, 0.05) is 24.4 Å². The number of aliphatic hydroxyl groups excluding tert-OH is 1. The van der Waals surface area contributed by atoms with Crippen molar-refractivity contribution in [2.24, 2.45) is 10.2 Å². The summed E-state index contributed by atoms with van der Waals surface area (Å²) in [5.41, 5.74) is 2.47. The van der Waals surface area contributed by atoms with Crippen LogP contribution in [0.3, 0.4) is 0 Å². The van der Waals surface area contributed by atoms with Crippen LogP contribution in [0.4, 0.5) is 22.7 Å². The summed E-state index contributed by atoms with van der Waals surface area (Å²) in [6.07, 6.45) is 0. The van der Waals surface area contributed by atoms with E-state index in [9.17, 15) is 15.2 Å². The quantitative estimate of drug-likeness (QED) is 0.246. The molecule has 0 spiro atoms. The molecule has 0 saturated carbocycles. The Balaban J connectivity index is 2.25. The fourth-order valence-electron chi connectivity index (χ4n) is 2.72. The zero-order valence-electron chi connectivity index (χ0n) is 17.5. The fraction of sp³-hybridized carbons (Fsp3) is 0.400. The number of likely N-dealkylation sites (N-methyl/N-ethyl adjacent to an activating group) is 1. The van der Waals surface area contributed by atoms with Crippen molar-refractivity contribution in [2.45, 2.75) is 6.92 Å². The predicted molar refractivity (Wildman–Crippen MR) is 121 cm³/mol. The Labute approximate surface area is 186 Å². The molecule has 2 aromatic rings. The molecule has 0 amide bonds. The maximum Gasteiger partial charge on any atom is 0.272 e. The van der Waals surface area contributed by atoms with E-state index in [-0.39, 0.29) is 28.0 Å². The lowest BCUT2D eigenvalue weighted by molar-refractivity contribution is -0.868. The number of non-ortho nitro benzene ring substituents is 1. The van der Waals surface area contributed by atoms with Crippen molar-refractivity contribution in [1.82, 2.24) is 0 Å². The fourth-order valence-corrected chi connectivity index (χ4v) is 3.27. The molecule has 8 nitrogen and oxygen atoms in total. The molecule has 0 heterocycles. The van der Waals surface area contributed by atoms with Gasteiger partial charge in [-0.3, -0.25) is 10.1 Å². The minimum Gasteiger partial charge on any atom is -0.395 e. The number of aryl methyl sites for hydroxylation is 1. The summed E-state index contributed by atoms with van der Waals surface area (Å²) in [6.45, 7) is 4.24. The SMILES string of the molecule is Cc1cc(N(CCO)CC[N+](C)(C)C)ccc1N=Nc1c(Cl)cc([N+](=O)[O-])cc1Cl. The molecule has 0 unspecified atom stereocenters. The van der Waals surface area contributed by atoms with Crippen molar-refractivity contribution in [3.8, 4) is 0 Å². The van der Waals surface area contributed by atoms with E-state index in [1.807, 2.05) is 25.1 Å². The minimum atomic E-state index is -0.571. The van der Waals surface area contributed by atoms with Gasteiger partial charge in [-0.2, -0.15) is 5.11 Å². The molecule has 0 bridgehead atoms. The number of rotatable bonds is 9. The Morgan fingerprint density at radius 1 is 1.10 bits per heavy atom. The lowest BCUT2D eigenvalue weighted by Gasteiger charge is -2.30. The smallest absolute Gasteiger partial charge is 0.272 e. The van der Waals surface area contributed by atoms with E-state index in [2.05, 4.69) is 36.3 Å². The van der Waals surface area contributed by atoms with Crippen LogP contribution in [-0.4, -0.2) is 61.9 Å². The van der Waals surface area contributed by atoms with Gasteiger partial charge in [0.05, 0.1) is 61.5 Å². The number of nitrogens with zero attached hydrogens (tertiary/aromatic N) is 5. The number of hydrogen-bond acceptors (Lipinski definition) is 6. The molecule has 0 aliphatic heterocycles. The van der Waals surface area contributed by atoms with Gasteiger partial charge in [0.15, 0.2) is 0 Å². The van der Waals surface area contributed by atoms with Crippen LogP contribution in [0.5, 0.6) is 0 Å². The second-order valence-corrected chi connectivity index (χ2v) is 8.72. The first kappa shape index (κ1) is 24.0. The summed E-state index contributed by atoms with van der Waals surface area (Å²) < 4.78 is 0.823. The third kappa shape index (κ3) is 6.63. The van der Waals surface area contributed by atoms with Crippen molar-refractivity contribution in [3.63, 3.8) is 0 Å². The van der Waals surface area contributed by atoms with Gasteiger partial charge < -0.3 is 14.5 Å². The van der Waals surface area contributed by atoms with Crippen molar-refractivity contribution in [2.75, 3.05) is 52.3 Å². The number of nitro groups is 1. The van der Waals surface area contributed by atoms with Gasteiger partial charge in [-0.05, 0) is 30.7 Å². The zero-order chi connectivity index (χ0) is 22.5. The number of halogens is 2. The molecule has 0 atom stereocenters. The topological polar surface area (TPSA) is 91.3 Å². The lowest BCUT2D eigenvalue weighted by atomic mass is 10.1. The minimum absolute atomic E-state index is 0.0571.